The molecule has 3 nitrogen and oxygen atoms in total. The number of nitrogens with one attached hydrogen (secondary N) is 1. The van der Waals surface area contributed by atoms with Crippen molar-refractivity contribution in [2.45, 2.75) is 6.42 Å². The van der Waals surface area contributed by atoms with Gasteiger partial charge in [-0.15, -0.1) is 11.3 Å². The third kappa shape index (κ3) is 2.85. The van der Waals surface area contributed by atoms with Crippen LogP contribution in [-0.2, 0) is 6.42 Å². The van der Waals surface area contributed by atoms with Crippen LogP contribution in [-0.4, -0.2) is 12.5 Å². The average molecular weight is 347 g/mol. The Morgan fingerprint density at radius 2 is 2.38 bits per heavy atom. The van der Waals surface area contributed by atoms with Crippen LogP contribution >= 0.6 is 33.9 Å². The molecule has 0 radical (unpaired) electrons. The molecule has 0 spiro atoms. The third-order valence-corrected chi connectivity index (χ3v) is 3.87. The number of amides is 1. The van der Waals surface area contributed by atoms with Crippen molar-refractivity contribution in [2.75, 3.05) is 6.54 Å². The fourth-order valence-corrected chi connectivity index (χ4v) is 2.59. The Kier molecular flexibility index (Phi) is 4.00. The van der Waals surface area contributed by atoms with Gasteiger partial charge in [0, 0.05) is 34.0 Å². The van der Waals surface area contributed by atoms with E-state index in [4.69, 9.17) is 4.42 Å². The van der Waals surface area contributed by atoms with Crippen molar-refractivity contribution in [1.82, 2.24) is 5.32 Å². The van der Waals surface area contributed by atoms with E-state index in [1.807, 2.05) is 34.0 Å². The van der Waals surface area contributed by atoms with Gasteiger partial charge in [0.1, 0.15) is 0 Å². The SMILES string of the molecule is O=C(NCCc1cccs1)c1ccoc1I. The summed E-state index contributed by atoms with van der Waals surface area (Å²) >= 11 is 3.71. The Hall–Kier alpha value is -0.820. The predicted molar refractivity (Wildman–Crippen MR) is 71.8 cm³/mol. The summed E-state index contributed by atoms with van der Waals surface area (Å²) in [5.74, 6) is -0.0743. The van der Waals surface area contributed by atoms with Gasteiger partial charge in [0.25, 0.3) is 5.91 Å². The summed E-state index contributed by atoms with van der Waals surface area (Å²) < 4.78 is 5.70. The first-order valence-electron chi connectivity index (χ1n) is 4.81. The van der Waals surface area contributed by atoms with Crippen molar-refractivity contribution in [3.63, 3.8) is 0 Å². The molecule has 2 rings (SSSR count). The molecular weight excluding hydrogens is 337 g/mol. The highest BCUT2D eigenvalue weighted by atomic mass is 127. The van der Waals surface area contributed by atoms with Gasteiger partial charge in [-0.05, 0) is 23.9 Å². The van der Waals surface area contributed by atoms with Crippen LogP contribution in [0.4, 0.5) is 0 Å². The first-order chi connectivity index (χ1) is 7.77. The molecule has 2 aromatic heterocycles. The molecular formula is C11H10INO2S. The van der Waals surface area contributed by atoms with E-state index in [0.717, 1.165) is 6.42 Å². The molecule has 0 aliphatic carbocycles. The number of carbonyl (C=O) groups is 1. The van der Waals surface area contributed by atoms with Gasteiger partial charge in [0.05, 0.1) is 11.8 Å². The second-order valence-electron chi connectivity index (χ2n) is 3.19. The van der Waals surface area contributed by atoms with Crippen molar-refractivity contribution < 1.29 is 9.21 Å². The Morgan fingerprint density at radius 3 is 3.00 bits per heavy atom. The maximum absolute atomic E-state index is 11.7. The molecule has 0 fully saturated rings. The van der Waals surface area contributed by atoms with Gasteiger partial charge < -0.3 is 9.73 Å². The van der Waals surface area contributed by atoms with Crippen LogP contribution in [0.25, 0.3) is 0 Å². The molecule has 2 heterocycles. The van der Waals surface area contributed by atoms with Crippen molar-refractivity contribution >= 4 is 39.8 Å². The molecule has 0 atom stereocenters. The lowest BCUT2D eigenvalue weighted by Gasteiger charge is -2.02. The minimum atomic E-state index is -0.0743. The Morgan fingerprint density at radius 1 is 1.50 bits per heavy atom. The number of carbonyl (C=O) groups excluding carboxylic acids is 1. The summed E-state index contributed by atoms with van der Waals surface area (Å²) in [5, 5.41) is 4.90. The third-order valence-electron chi connectivity index (χ3n) is 2.10. The fraction of sp³-hybridized carbons (Fsp3) is 0.182. The van der Waals surface area contributed by atoms with Gasteiger partial charge >= 0.3 is 0 Å². The van der Waals surface area contributed by atoms with Gasteiger partial charge in [0.15, 0.2) is 3.77 Å². The van der Waals surface area contributed by atoms with Gasteiger partial charge in [-0.1, -0.05) is 6.07 Å². The van der Waals surface area contributed by atoms with E-state index in [2.05, 4.69) is 11.4 Å². The van der Waals surface area contributed by atoms with Gasteiger partial charge in [0.2, 0.25) is 0 Å². The van der Waals surface area contributed by atoms with Crippen molar-refractivity contribution in [3.8, 4) is 0 Å². The Bertz CT molecular complexity index is 464. The van der Waals surface area contributed by atoms with Crippen LogP contribution in [0, 0.1) is 3.77 Å². The van der Waals surface area contributed by atoms with E-state index in [1.54, 1.807) is 17.4 Å². The highest BCUT2D eigenvalue weighted by molar-refractivity contribution is 14.1. The summed E-state index contributed by atoms with van der Waals surface area (Å²) in [6, 6.07) is 5.77. The predicted octanol–water partition coefficient (Wildman–Crippen LogP) is 2.92. The number of halogens is 1. The van der Waals surface area contributed by atoms with Crippen LogP contribution in [0.5, 0.6) is 0 Å². The fourth-order valence-electron chi connectivity index (χ4n) is 1.31. The molecule has 0 aliphatic rings. The number of hydrogen-bond donors (Lipinski definition) is 1. The van der Waals surface area contributed by atoms with Gasteiger partial charge in [-0.25, -0.2) is 0 Å². The van der Waals surface area contributed by atoms with E-state index in [0.29, 0.717) is 15.9 Å². The maximum Gasteiger partial charge on any atom is 0.255 e. The zero-order valence-corrected chi connectivity index (χ0v) is 11.4. The highest BCUT2D eigenvalue weighted by Crippen LogP contribution is 2.13. The minimum absolute atomic E-state index is 0.0743. The van der Waals surface area contributed by atoms with Crippen molar-refractivity contribution in [1.29, 1.82) is 0 Å². The number of thiophene rings is 1. The maximum atomic E-state index is 11.7. The molecule has 0 bridgehead atoms. The van der Waals surface area contributed by atoms with Crippen molar-refractivity contribution in [3.05, 3.63) is 44.0 Å². The quantitative estimate of drug-likeness (QED) is 0.865. The largest absolute Gasteiger partial charge is 0.458 e. The van der Waals surface area contributed by atoms with Crippen LogP contribution in [0.1, 0.15) is 15.2 Å². The molecule has 84 valence electrons. The zero-order valence-electron chi connectivity index (χ0n) is 8.40. The average Bonchev–Trinajstić information content (AvgIpc) is 2.88. The standard InChI is InChI=1S/C11H10INO2S/c12-10-9(4-6-15-10)11(14)13-5-3-8-2-1-7-16-8/h1-2,4,6-7H,3,5H2,(H,13,14). The van der Waals surface area contributed by atoms with Crippen molar-refractivity contribution in [2.24, 2.45) is 0 Å². The molecule has 0 aromatic carbocycles. The first kappa shape index (κ1) is 11.7. The zero-order chi connectivity index (χ0) is 11.4. The molecule has 1 N–H and O–H groups in total. The first-order valence-corrected chi connectivity index (χ1v) is 6.77. The molecule has 5 heteroatoms. The van der Waals surface area contributed by atoms with Crippen LogP contribution in [0.2, 0.25) is 0 Å². The summed E-state index contributed by atoms with van der Waals surface area (Å²) in [6.07, 6.45) is 2.40. The Labute approximate surface area is 111 Å². The lowest BCUT2D eigenvalue weighted by molar-refractivity contribution is 0.0952. The van der Waals surface area contributed by atoms with E-state index < -0.39 is 0 Å². The highest BCUT2D eigenvalue weighted by Gasteiger charge is 2.11. The normalized spacial score (nSPS) is 10.3. The van der Waals surface area contributed by atoms with Crippen LogP contribution in [0.3, 0.4) is 0 Å². The smallest absolute Gasteiger partial charge is 0.255 e. The molecule has 0 saturated carbocycles. The molecule has 16 heavy (non-hydrogen) atoms. The summed E-state index contributed by atoms with van der Waals surface area (Å²) in [7, 11) is 0. The molecule has 0 unspecified atom stereocenters. The van der Waals surface area contributed by atoms with Gasteiger partial charge in [-0.2, -0.15) is 0 Å². The number of furan rings is 1. The minimum Gasteiger partial charge on any atom is -0.458 e. The second kappa shape index (κ2) is 5.49. The molecule has 2 aromatic rings. The van der Waals surface area contributed by atoms with Crippen LogP contribution < -0.4 is 5.32 Å². The monoisotopic (exact) mass is 347 g/mol. The number of hydrogen-bond acceptors (Lipinski definition) is 3. The summed E-state index contributed by atoms with van der Waals surface area (Å²) in [6.45, 7) is 0.653. The van der Waals surface area contributed by atoms with Gasteiger partial charge in [-0.3, -0.25) is 4.79 Å². The second-order valence-corrected chi connectivity index (χ2v) is 5.21. The topological polar surface area (TPSA) is 42.2 Å². The summed E-state index contributed by atoms with van der Waals surface area (Å²) in [4.78, 5) is 13.0. The van der Waals surface area contributed by atoms with E-state index >= 15 is 0 Å². The molecule has 0 saturated heterocycles. The lowest BCUT2D eigenvalue weighted by Crippen LogP contribution is -2.25. The van der Waals surface area contributed by atoms with Crippen LogP contribution in [0.15, 0.2) is 34.3 Å². The number of rotatable bonds is 4. The molecule has 0 aliphatic heterocycles. The summed E-state index contributed by atoms with van der Waals surface area (Å²) in [5.41, 5.74) is 0.603. The Balaban J connectivity index is 1.83. The lowest BCUT2D eigenvalue weighted by atomic mass is 10.3. The van der Waals surface area contributed by atoms with E-state index in [1.165, 1.54) is 11.1 Å². The molecule has 1 amide bonds. The van der Waals surface area contributed by atoms with E-state index in [-0.39, 0.29) is 5.91 Å². The van der Waals surface area contributed by atoms with E-state index in [9.17, 15) is 4.79 Å².